The van der Waals surface area contributed by atoms with E-state index in [1.807, 2.05) is 6.08 Å². The Morgan fingerprint density at radius 3 is 2.33 bits per heavy atom. The predicted octanol–water partition coefficient (Wildman–Crippen LogP) is 2.06. The Hall–Kier alpha value is -0.480. The van der Waals surface area contributed by atoms with E-state index in [-0.39, 0.29) is 17.7 Å². The summed E-state index contributed by atoms with van der Waals surface area (Å²) in [6.45, 7) is 1.25. The summed E-state index contributed by atoms with van der Waals surface area (Å²) in [5.41, 5.74) is 0.546. The number of rotatable bonds is 3. The molecule has 3 rings (SSSR count). The average Bonchev–Trinajstić information content (AvgIpc) is 3.21. The van der Waals surface area contributed by atoms with E-state index in [0.717, 1.165) is 11.5 Å². The fourth-order valence-corrected chi connectivity index (χ4v) is 5.60. The van der Waals surface area contributed by atoms with Crippen LogP contribution in [0, 0.1) is 5.92 Å². The van der Waals surface area contributed by atoms with Crippen molar-refractivity contribution < 1.29 is 14.3 Å². The highest BCUT2D eigenvalue weighted by Crippen LogP contribution is 2.33. The van der Waals surface area contributed by atoms with Crippen molar-refractivity contribution in [3.8, 4) is 0 Å². The van der Waals surface area contributed by atoms with Crippen LogP contribution in [0.25, 0.3) is 0 Å². The lowest BCUT2D eigenvalue weighted by molar-refractivity contribution is -0.136. The van der Waals surface area contributed by atoms with E-state index in [0.29, 0.717) is 40.1 Å². The molecule has 0 aromatic rings. The van der Waals surface area contributed by atoms with Crippen molar-refractivity contribution in [2.45, 2.75) is 18.9 Å². The molecule has 2 aliphatic heterocycles. The van der Waals surface area contributed by atoms with Gasteiger partial charge in [0.05, 0.1) is 12.0 Å². The number of nitrogens with zero attached hydrogens (tertiary/aromatic N) is 2. The van der Waals surface area contributed by atoms with E-state index in [4.69, 9.17) is 29.2 Å². The minimum absolute atomic E-state index is 0.0337. The van der Waals surface area contributed by atoms with Crippen molar-refractivity contribution in [2.24, 2.45) is 5.92 Å². The topological polar surface area (TPSA) is 49.9 Å². The maximum Gasteiger partial charge on any atom is 0.257 e. The Labute approximate surface area is 160 Å². The van der Waals surface area contributed by atoms with Gasteiger partial charge in [-0.05, 0) is 12.8 Å². The van der Waals surface area contributed by atoms with Gasteiger partial charge in [-0.25, -0.2) is 0 Å². The largest absolute Gasteiger partial charge is 0.376 e. The average molecular weight is 403 g/mol. The first kappa shape index (κ1) is 18.3. The number of ether oxygens (including phenoxy) is 1. The molecule has 2 unspecified atom stereocenters. The molecule has 0 saturated carbocycles. The van der Waals surface area contributed by atoms with Crippen LogP contribution in [0.15, 0.2) is 11.6 Å². The van der Waals surface area contributed by atoms with Gasteiger partial charge in [0.2, 0.25) is 5.91 Å². The molecule has 0 bridgehead atoms. The lowest BCUT2D eigenvalue weighted by atomic mass is 9.84. The molecule has 2 amide bonds. The number of hydrogen-bond acceptors (Lipinski definition) is 7. The number of thioether (sulfide) groups is 2. The fourth-order valence-electron chi connectivity index (χ4n) is 3.18. The van der Waals surface area contributed by atoms with Gasteiger partial charge < -0.3 is 4.74 Å². The number of methoxy groups -OCH3 is 1. The molecule has 2 atom stereocenters. The molecule has 3 aliphatic rings. The van der Waals surface area contributed by atoms with Crippen LogP contribution in [0.2, 0.25) is 0 Å². The van der Waals surface area contributed by atoms with E-state index in [1.54, 1.807) is 16.9 Å². The standard InChI is InChI=1S/C15H18N2O3S4/c1-20-11-9(12(18)16-5-7-23-14(16)21)3-2-4-10(11)13(19)17-6-8-24-15(17)22/h3,10-11H,2,4-8H2,1H3. The van der Waals surface area contributed by atoms with Crippen LogP contribution in [0.3, 0.4) is 0 Å². The third kappa shape index (κ3) is 3.41. The van der Waals surface area contributed by atoms with E-state index in [9.17, 15) is 9.59 Å². The van der Waals surface area contributed by atoms with Crippen LogP contribution in [0.1, 0.15) is 12.8 Å². The molecule has 0 aromatic carbocycles. The lowest BCUT2D eigenvalue weighted by Gasteiger charge is -2.33. The predicted molar refractivity (Wildman–Crippen MR) is 105 cm³/mol. The summed E-state index contributed by atoms with van der Waals surface area (Å²) in [5.74, 6) is 1.10. The maximum absolute atomic E-state index is 12.9. The zero-order valence-electron chi connectivity index (χ0n) is 13.2. The molecule has 5 nitrogen and oxygen atoms in total. The van der Waals surface area contributed by atoms with Crippen molar-refractivity contribution >= 4 is 68.4 Å². The normalized spacial score (nSPS) is 27.6. The van der Waals surface area contributed by atoms with Crippen LogP contribution < -0.4 is 0 Å². The lowest BCUT2D eigenvalue weighted by Crippen LogP contribution is -2.46. The quantitative estimate of drug-likeness (QED) is 0.670. The zero-order chi connectivity index (χ0) is 17.3. The molecule has 24 heavy (non-hydrogen) atoms. The number of carbonyl (C=O) groups is 2. The smallest absolute Gasteiger partial charge is 0.257 e. The molecule has 0 N–H and O–H groups in total. The van der Waals surface area contributed by atoms with E-state index in [2.05, 4.69) is 0 Å². The minimum Gasteiger partial charge on any atom is -0.376 e. The van der Waals surface area contributed by atoms with Gasteiger partial charge in [-0.1, -0.05) is 54.0 Å². The number of hydrogen-bond donors (Lipinski definition) is 0. The second-order valence-corrected chi connectivity index (χ2v) is 9.13. The van der Waals surface area contributed by atoms with Gasteiger partial charge in [-0.2, -0.15) is 0 Å². The fraction of sp³-hybridized carbons (Fsp3) is 0.600. The highest BCUT2D eigenvalue weighted by molar-refractivity contribution is 8.23. The molecule has 0 spiro atoms. The molecule has 0 aromatic heterocycles. The van der Waals surface area contributed by atoms with Crippen LogP contribution >= 0.6 is 48.0 Å². The molecule has 1 aliphatic carbocycles. The molecule has 2 heterocycles. The summed E-state index contributed by atoms with van der Waals surface area (Å²) in [6.07, 6.45) is 2.69. The summed E-state index contributed by atoms with van der Waals surface area (Å²) in [5, 5.41) is 0. The summed E-state index contributed by atoms with van der Waals surface area (Å²) < 4.78 is 6.80. The second-order valence-electron chi connectivity index (χ2n) is 5.68. The van der Waals surface area contributed by atoms with Gasteiger partial charge in [-0.15, -0.1) is 0 Å². The first-order valence-corrected chi connectivity index (χ1v) is 10.5. The van der Waals surface area contributed by atoms with Crippen LogP contribution in [0.5, 0.6) is 0 Å². The van der Waals surface area contributed by atoms with Gasteiger partial charge in [0, 0.05) is 37.3 Å². The first-order valence-electron chi connectivity index (χ1n) is 7.74. The number of carbonyl (C=O) groups excluding carboxylic acids is 2. The van der Waals surface area contributed by atoms with E-state index >= 15 is 0 Å². The SMILES string of the molecule is COC1C(C(=O)N2CCSC2=S)=CCCC1C(=O)N1CCSC1=S. The highest BCUT2D eigenvalue weighted by Gasteiger charge is 2.42. The number of amides is 2. The molecule has 2 fully saturated rings. The zero-order valence-corrected chi connectivity index (χ0v) is 16.5. The molecular formula is C15H18N2O3S4. The second kappa shape index (κ2) is 7.82. The monoisotopic (exact) mass is 402 g/mol. The maximum atomic E-state index is 12.9. The third-order valence-electron chi connectivity index (χ3n) is 4.36. The Kier molecular flexibility index (Phi) is 5.97. The van der Waals surface area contributed by atoms with E-state index < -0.39 is 6.10 Å². The molecule has 9 heteroatoms. The summed E-state index contributed by atoms with van der Waals surface area (Å²) in [7, 11) is 1.55. The number of thiocarbonyl (C=S) groups is 2. The van der Waals surface area contributed by atoms with Crippen LogP contribution in [-0.2, 0) is 14.3 Å². The highest BCUT2D eigenvalue weighted by atomic mass is 32.2. The van der Waals surface area contributed by atoms with Gasteiger partial charge in [0.15, 0.2) is 0 Å². The minimum atomic E-state index is -0.541. The Bertz CT molecular complexity index is 622. The van der Waals surface area contributed by atoms with Crippen LogP contribution in [-0.4, -0.2) is 68.1 Å². The van der Waals surface area contributed by atoms with Crippen molar-refractivity contribution in [1.29, 1.82) is 0 Å². The van der Waals surface area contributed by atoms with E-state index in [1.165, 1.54) is 23.5 Å². The third-order valence-corrected chi connectivity index (χ3v) is 7.22. The summed E-state index contributed by atoms with van der Waals surface area (Å²) >= 11 is 13.5. The Balaban J connectivity index is 1.80. The Morgan fingerprint density at radius 2 is 1.79 bits per heavy atom. The number of allylic oxidation sites excluding steroid dienone is 1. The van der Waals surface area contributed by atoms with Gasteiger partial charge in [-0.3, -0.25) is 19.4 Å². The van der Waals surface area contributed by atoms with Crippen molar-refractivity contribution in [3.63, 3.8) is 0 Å². The van der Waals surface area contributed by atoms with Gasteiger partial charge >= 0.3 is 0 Å². The summed E-state index contributed by atoms with van der Waals surface area (Å²) in [4.78, 5) is 29.0. The summed E-state index contributed by atoms with van der Waals surface area (Å²) in [6, 6.07) is 0. The molecular weight excluding hydrogens is 384 g/mol. The molecule has 0 radical (unpaired) electrons. The molecule has 2 saturated heterocycles. The van der Waals surface area contributed by atoms with Crippen LogP contribution in [0.4, 0.5) is 0 Å². The molecule has 130 valence electrons. The van der Waals surface area contributed by atoms with Crippen molar-refractivity contribution in [1.82, 2.24) is 9.80 Å². The van der Waals surface area contributed by atoms with Crippen molar-refractivity contribution in [3.05, 3.63) is 11.6 Å². The van der Waals surface area contributed by atoms with Crippen molar-refractivity contribution in [2.75, 3.05) is 31.7 Å². The van der Waals surface area contributed by atoms with Gasteiger partial charge in [0.25, 0.3) is 5.91 Å². The Morgan fingerprint density at radius 1 is 1.17 bits per heavy atom. The first-order chi connectivity index (χ1) is 11.5. The van der Waals surface area contributed by atoms with Gasteiger partial charge in [0.1, 0.15) is 8.64 Å².